The van der Waals surface area contributed by atoms with Gasteiger partial charge in [0.05, 0.1) is 0 Å². The molecule has 2 heterocycles. The van der Waals surface area contributed by atoms with Gasteiger partial charge in [0.15, 0.2) is 0 Å². The molecule has 2 rings (SSSR count). The maximum Gasteiger partial charge on any atom is 0.0498 e. The van der Waals surface area contributed by atoms with Crippen molar-refractivity contribution in [1.29, 1.82) is 0 Å². The highest BCUT2D eigenvalue weighted by Crippen LogP contribution is 2.25. The molecule has 2 unspecified atom stereocenters. The minimum absolute atomic E-state index is 0.455. The molecule has 0 amide bonds. The summed E-state index contributed by atoms with van der Waals surface area (Å²) in [5.74, 6) is 0. The number of hydrogen-bond donors (Lipinski definition) is 1. The smallest absolute Gasteiger partial charge is 0.0498 e. The van der Waals surface area contributed by atoms with Crippen LogP contribution in [0.25, 0.3) is 0 Å². The Morgan fingerprint density at radius 1 is 1.42 bits per heavy atom. The Labute approximate surface area is 121 Å². The Hall–Kier alpha value is -0.420. The molecule has 1 fully saturated rings. The van der Waals surface area contributed by atoms with Crippen LogP contribution in [0.2, 0.25) is 0 Å². The maximum absolute atomic E-state index is 3.76. The molecule has 0 bridgehead atoms. The number of likely N-dealkylation sites (N-methyl/N-ethyl adjacent to an activating group) is 2. The molecule has 0 spiro atoms. The average molecular weight is 281 g/mol. The van der Waals surface area contributed by atoms with Crippen molar-refractivity contribution in [2.75, 3.05) is 40.3 Å². The van der Waals surface area contributed by atoms with E-state index in [1.165, 1.54) is 31.5 Å². The molecule has 0 saturated carbocycles. The molecular formula is C15H27N3S. The molecule has 1 aromatic rings. The lowest BCUT2D eigenvalue weighted by atomic mass is 10.0. The highest BCUT2D eigenvalue weighted by atomic mass is 32.1. The average Bonchev–Trinajstić information content (AvgIpc) is 2.86. The van der Waals surface area contributed by atoms with E-state index in [-0.39, 0.29) is 0 Å². The second-order valence-electron chi connectivity index (χ2n) is 5.65. The van der Waals surface area contributed by atoms with Crippen molar-refractivity contribution in [2.45, 2.75) is 31.8 Å². The van der Waals surface area contributed by atoms with Gasteiger partial charge in [-0.1, -0.05) is 6.92 Å². The Morgan fingerprint density at radius 3 is 2.95 bits per heavy atom. The zero-order valence-corrected chi connectivity index (χ0v) is 13.2. The van der Waals surface area contributed by atoms with Crippen LogP contribution >= 0.6 is 11.3 Å². The van der Waals surface area contributed by atoms with Crippen LogP contribution in [0.3, 0.4) is 0 Å². The van der Waals surface area contributed by atoms with Crippen molar-refractivity contribution in [2.24, 2.45) is 0 Å². The van der Waals surface area contributed by atoms with Gasteiger partial charge in [0, 0.05) is 18.6 Å². The second-order valence-corrected chi connectivity index (χ2v) is 6.43. The fraction of sp³-hybridized carbons (Fsp3) is 0.733. The third-order valence-electron chi connectivity index (χ3n) is 4.02. The SMILES string of the molecule is CCCNC(c1ccsc1)C1CN(C)CCCN1C. The van der Waals surface area contributed by atoms with Crippen molar-refractivity contribution in [3.63, 3.8) is 0 Å². The van der Waals surface area contributed by atoms with Crippen LogP contribution in [0.4, 0.5) is 0 Å². The molecule has 1 aromatic heterocycles. The van der Waals surface area contributed by atoms with Gasteiger partial charge >= 0.3 is 0 Å². The van der Waals surface area contributed by atoms with E-state index in [0.29, 0.717) is 12.1 Å². The van der Waals surface area contributed by atoms with Crippen LogP contribution in [0.15, 0.2) is 16.8 Å². The van der Waals surface area contributed by atoms with Gasteiger partial charge in [0.1, 0.15) is 0 Å². The number of nitrogens with one attached hydrogen (secondary N) is 1. The second kappa shape index (κ2) is 7.39. The maximum atomic E-state index is 3.76. The predicted molar refractivity (Wildman–Crippen MR) is 83.9 cm³/mol. The summed E-state index contributed by atoms with van der Waals surface area (Å²) >= 11 is 1.80. The van der Waals surface area contributed by atoms with Crippen molar-refractivity contribution in [3.8, 4) is 0 Å². The molecule has 108 valence electrons. The van der Waals surface area contributed by atoms with Gasteiger partial charge in [0.2, 0.25) is 0 Å². The predicted octanol–water partition coefficient (Wildman–Crippen LogP) is 2.42. The standard InChI is InChI=1S/C15H27N3S/c1-4-7-16-15(13-6-10-19-12-13)14-11-17(2)8-5-9-18(14)3/h6,10,12,14-16H,4-5,7-9,11H2,1-3H3. The van der Waals surface area contributed by atoms with E-state index in [9.17, 15) is 0 Å². The van der Waals surface area contributed by atoms with Crippen LogP contribution in [0.5, 0.6) is 0 Å². The summed E-state index contributed by atoms with van der Waals surface area (Å²) in [7, 11) is 4.52. The van der Waals surface area contributed by atoms with Crippen molar-refractivity contribution < 1.29 is 0 Å². The molecule has 1 aliphatic heterocycles. The summed E-state index contributed by atoms with van der Waals surface area (Å²) in [5, 5.41) is 8.25. The summed E-state index contributed by atoms with van der Waals surface area (Å²) in [6, 6.07) is 3.29. The zero-order chi connectivity index (χ0) is 13.7. The van der Waals surface area contributed by atoms with Crippen LogP contribution in [0.1, 0.15) is 31.4 Å². The Kier molecular flexibility index (Phi) is 5.82. The van der Waals surface area contributed by atoms with Gasteiger partial charge in [-0.3, -0.25) is 0 Å². The van der Waals surface area contributed by atoms with E-state index in [4.69, 9.17) is 0 Å². The fourth-order valence-electron chi connectivity index (χ4n) is 2.89. The number of thiophene rings is 1. The summed E-state index contributed by atoms with van der Waals surface area (Å²) < 4.78 is 0. The van der Waals surface area contributed by atoms with E-state index in [2.05, 4.69) is 53.0 Å². The molecule has 0 radical (unpaired) electrons. The first-order chi connectivity index (χ1) is 9.22. The zero-order valence-electron chi connectivity index (χ0n) is 12.4. The minimum atomic E-state index is 0.455. The van der Waals surface area contributed by atoms with E-state index < -0.39 is 0 Å². The lowest BCUT2D eigenvalue weighted by Crippen LogP contribution is -2.47. The van der Waals surface area contributed by atoms with Crippen LogP contribution in [-0.2, 0) is 0 Å². The van der Waals surface area contributed by atoms with Crippen molar-refractivity contribution >= 4 is 11.3 Å². The molecule has 1 N–H and O–H groups in total. The summed E-state index contributed by atoms with van der Waals surface area (Å²) in [5.41, 5.74) is 1.45. The number of hydrogen-bond acceptors (Lipinski definition) is 4. The molecule has 3 nitrogen and oxygen atoms in total. The van der Waals surface area contributed by atoms with Gasteiger partial charge < -0.3 is 15.1 Å². The van der Waals surface area contributed by atoms with Gasteiger partial charge in [-0.15, -0.1) is 0 Å². The normalized spacial score (nSPS) is 24.3. The summed E-state index contributed by atoms with van der Waals surface area (Å²) in [4.78, 5) is 5.01. The number of nitrogens with zero attached hydrogens (tertiary/aromatic N) is 2. The molecule has 19 heavy (non-hydrogen) atoms. The third-order valence-corrected chi connectivity index (χ3v) is 4.72. The topological polar surface area (TPSA) is 18.5 Å². The van der Waals surface area contributed by atoms with E-state index in [0.717, 1.165) is 13.1 Å². The Bertz CT molecular complexity index is 352. The lowest BCUT2D eigenvalue weighted by molar-refractivity contribution is 0.178. The largest absolute Gasteiger partial charge is 0.309 e. The van der Waals surface area contributed by atoms with E-state index in [1.54, 1.807) is 11.3 Å². The molecule has 1 saturated heterocycles. The summed E-state index contributed by atoms with van der Waals surface area (Å²) in [6.45, 7) is 6.89. The van der Waals surface area contributed by atoms with E-state index in [1.807, 2.05) is 0 Å². The molecule has 2 atom stereocenters. The molecule has 1 aliphatic rings. The monoisotopic (exact) mass is 281 g/mol. The van der Waals surface area contributed by atoms with Crippen molar-refractivity contribution in [3.05, 3.63) is 22.4 Å². The van der Waals surface area contributed by atoms with Crippen LogP contribution < -0.4 is 5.32 Å². The fourth-order valence-corrected chi connectivity index (χ4v) is 3.59. The minimum Gasteiger partial charge on any atom is -0.309 e. The Balaban J connectivity index is 2.15. The highest BCUT2D eigenvalue weighted by Gasteiger charge is 2.29. The third kappa shape index (κ3) is 4.02. The first kappa shape index (κ1) is 15.0. The van der Waals surface area contributed by atoms with Crippen LogP contribution in [0, 0.1) is 0 Å². The Morgan fingerprint density at radius 2 is 2.26 bits per heavy atom. The van der Waals surface area contributed by atoms with Gasteiger partial charge in [-0.25, -0.2) is 0 Å². The van der Waals surface area contributed by atoms with E-state index >= 15 is 0 Å². The van der Waals surface area contributed by atoms with Crippen LogP contribution in [-0.4, -0.2) is 56.1 Å². The van der Waals surface area contributed by atoms with Gasteiger partial charge in [-0.2, -0.15) is 11.3 Å². The lowest BCUT2D eigenvalue weighted by Gasteiger charge is -2.35. The van der Waals surface area contributed by atoms with Gasteiger partial charge in [-0.05, 0) is 69.0 Å². The van der Waals surface area contributed by atoms with Crippen molar-refractivity contribution in [1.82, 2.24) is 15.1 Å². The highest BCUT2D eigenvalue weighted by molar-refractivity contribution is 7.07. The molecular weight excluding hydrogens is 254 g/mol. The number of rotatable bonds is 5. The summed E-state index contributed by atoms with van der Waals surface area (Å²) in [6.07, 6.45) is 2.46. The molecule has 0 aromatic carbocycles. The first-order valence-corrected chi connectivity index (χ1v) is 8.31. The molecule has 4 heteroatoms. The first-order valence-electron chi connectivity index (χ1n) is 7.36. The molecule has 0 aliphatic carbocycles. The quantitative estimate of drug-likeness (QED) is 0.894. The van der Waals surface area contributed by atoms with Gasteiger partial charge in [0.25, 0.3) is 0 Å².